The molecule has 1 unspecified atom stereocenters. The van der Waals surface area contributed by atoms with E-state index in [0.717, 1.165) is 75.3 Å². The lowest BCUT2D eigenvalue weighted by molar-refractivity contribution is -0.126. The Morgan fingerprint density at radius 3 is 2.06 bits per heavy atom. The van der Waals surface area contributed by atoms with Gasteiger partial charge in [0.25, 0.3) is 6.47 Å². The zero-order chi connectivity index (χ0) is 40.5. The number of halogens is 5. The van der Waals surface area contributed by atoms with Crippen molar-refractivity contribution in [2.45, 2.75) is 50.3 Å². The topological polar surface area (TPSA) is 136 Å². The van der Waals surface area contributed by atoms with Crippen LogP contribution in [-0.4, -0.2) is 106 Å². The van der Waals surface area contributed by atoms with Crippen molar-refractivity contribution in [3.05, 3.63) is 65.2 Å². The summed E-state index contributed by atoms with van der Waals surface area (Å²) in [4.78, 5) is 29.6. The Kier molecular flexibility index (Phi) is 31.0. The van der Waals surface area contributed by atoms with Crippen LogP contribution in [0.25, 0.3) is 0 Å². The van der Waals surface area contributed by atoms with E-state index in [1.54, 1.807) is 18.2 Å². The second-order valence-electron chi connectivity index (χ2n) is 11.0. The van der Waals surface area contributed by atoms with Crippen LogP contribution < -0.4 is 21.3 Å². The largest absolute Gasteiger partial charge is 0.471 e. The Labute approximate surface area is 310 Å². The number of amides is 1. The van der Waals surface area contributed by atoms with Crippen LogP contribution in [0.4, 0.5) is 32.4 Å². The van der Waals surface area contributed by atoms with Crippen molar-refractivity contribution in [1.82, 2.24) is 16.0 Å². The summed E-state index contributed by atoms with van der Waals surface area (Å²) in [7, 11) is 7.21. The molecule has 16 heteroatoms. The number of nitrogens with one attached hydrogen (secondary N) is 4. The quantitative estimate of drug-likeness (QED) is 0.140. The monoisotopic (exact) mass is 762 g/mol. The number of alkyl carbamates (subject to hydrolysis) is 1. The zero-order valence-corrected chi connectivity index (χ0v) is 31.1. The molecule has 2 aliphatic rings. The van der Waals surface area contributed by atoms with E-state index in [1.165, 1.54) is 46.5 Å². The molecule has 4 rings (SSSR count). The number of anilines is 1. The number of carbonyl (C=O) groups is 3. The fourth-order valence-electron chi connectivity index (χ4n) is 4.99. The van der Waals surface area contributed by atoms with Crippen molar-refractivity contribution in [2.24, 2.45) is 5.92 Å². The lowest BCUT2D eigenvalue weighted by Crippen LogP contribution is -2.38. The highest BCUT2D eigenvalue weighted by atomic mass is 19.4. The molecule has 53 heavy (non-hydrogen) atoms. The number of ether oxygens (including phenoxy) is 4. The number of hydrogen-bond acceptors (Lipinski definition) is 10. The number of alkyl halides is 3. The van der Waals surface area contributed by atoms with Crippen LogP contribution in [0, 0.1) is 30.4 Å². The summed E-state index contributed by atoms with van der Waals surface area (Å²) in [6.45, 7) is 3.53. The van der Waals surface area contributed by atoms with E-state index in [-0.39, 0.29) is 23.7 Å². The number of morpholine rings is 1. The first-order valence-electron chi connectivity index (χ1n) is 16.7. The smallest absolute Gasteiger partial charge is 0.406 e. The van der Waals surface area contributed by atoms with Gasteiger partial charge >= 0.3 is 12.3 Å². The van der Waals surface area contributed by atoms with Gasteiger partial charge in [-0.1, -0.05) is 18.2 Å². The third-order valence-corrected chi connectivity index (χ3v) is 7.46. The summed E-state index contributed by atoms with van der Waals surface area (Å²) in [5.41, 5.74) is 2.68. The molecule has 0 aliphatic carbocycles. The predicted octanol–water partition coefficient (Wildman–Crippen LogP) is 5.49. The summed E-state index contributed by atoms with van der Waals surface area (Å²) in [5.74, 6) is 0.308. The van der Waals surface area contributed by atoms with Gasteiger partial charge in [-0.15, -0.1) is 12.8 Å². The fourth-order valence-corrected chi connectivity index (χ4v) is 4.99. The highest BCUT2D eigenvalue weighted by molar-refractivity contribution is 5.66. The molecule has 2 atom stereocenters. The molecule has 0 bridgehead atoms. The summed E-state index contributed by atoms with van der Waals surface area (Å²) in [6, 6.07) is 11.6. The minimum atomic E-state index is -4.06. The molecule has 1 amide bonds. The van der Waals surface area contributed by atoms with Gasteiger partial charge < -0.3 is 45.0 Å². The van der Waals surface area contributed by atoms with E-state index < -0.39 is 18.8 Å². The van der Waals surface area contributed by atoms with Crippen LogP contribution in [0.3, 0.4) is 0 Å². The van der Waals surface area contributed by atoms with Crippen LogP contribution in [0.2, 0.25) is 0 Å². The molecule has 0 radical (unpaired) electrons. The Bertz CT molecular complexity index is 1240. The highest BCUT2D eigenvalue weighted by Crippen LogP contribution is 2.34. The number of methoxy groups -OCH3 is 2. The average molecular weight is 763 g/mol. The molecule has 4 N–H and O–H groups in total. The van der Waals surface area contributed by atoms with Gasteiger partial charge in [0.2, 0.25) is 0 Å². The summed E-state index contributed by atoms with van der Waals surface area (Å²) < 4.78 is 78.5. The molecule has 2 heterocycles. The number of benzene rings is 2. The van der Waals surface area contributed by atoms with Gasteiger partial charge in [-0.3, -0.25) is 4.79 Å². The molecule has 0 spiro atoms. The second-order valence-corrected chi connectivity index (χ2v) is 11.0. The van der Waals surface area contributed by atoms with Gasteiger partial charge in [-0.2, -0.15) is 13.2 Å². The first kappa shape index (κ1) is 50.8. The SMILES string of the molecule is C#C.CNC(=O)OC.CNCC(F)(F)F.CNc1cccc(F)c1CC[C@@H]1CNCCO1.COC=O.O=CCC(c1ccc(F)cc1)C1CCOCC1. The van der Waals surface area contributed by atoms with Gasteiger partial charge in [0.15, 0.2) is 0 Å². The molecule has 2 aromatic carbocycles. The van der Waals surface area contributed by atoms with Crippen LogP contribution in [0.15, 0.2) is 42.5 Å². The van der Waals surface area contributed by atoms with E-state index in [4.69, 9.17) is 14.3 Å². The summed E-state index contributed by atoms with van der Waals surface area (Å²) >= 11 is 0. The van der Waals surface area contributed by atoms with Crippen molar-refractivity contribution in [2.75, 3.05) is 80.1 Å². The summed E-state index contributed by atoms with van der Waals surface area (Å²) in [5, 5.41) is 10.5. The highest BCUT2D eigenvalue weighted by Gasteiger charge is 2.26. The number of hydrogen-bond donors (Lipinski definition) is 4. The third kappa shape index (κ3) is 25.3. The molecule has 2 fully saturated rings. The van der Waals surface area contributed by atoms with Crippen LogP contribution >= 0.6 is 0 Å². The molecule has 0 saturated carbocycles. The summed E-state index contributed by atoms with van der Waals surface area (Å²) in [6.07, 6.45) is 8.72. The number of rotatable bonds is 10. The van der Waals surface area contributed by atoms with E-state index in [0.29, 0.717) is 25.2 Å². The Morgan fingerprint density at radius 1 is 1.02 bits per heavy atom. The van der Waals surface area contributed by atoms with E-state index in [9.17, 15) is 31.5 Å². The fraction of sp³-hybridized carbons (Fsp3) is 0.541. The molecule has 300 valence electrons. The second kappa shape index (κ2) is 32.4. The Hall–Kier alpha value is -4.30. The minimum absolute atomic E-state index is 0.138. The van der Waals surface area contributed by atoms with E-state index in [2.05, 4.69) is 38.3 Å². The molecule has 2 aromatic rings. The van der Waals surface area contributed by atoms with Crippen molar-refractivity contribution >= 4 is 24.5 Å². The van der Waals surface area contributed by atoms with Crippen molar-refractivity contribution in [3.8, 4) is 12.8 Å². The van der Waals surface area contributed by atoms with Gasteiger partial charge in [0, 0.05) is 58.1 Å². The molecule has 11 nitrogen and oxygen atoms in total. The maximum absolute atomic E-state index is 13.7. The molecule has 2 saturated heterocycles. The first-order valence-corrected chi connectivity index (χ1v) is 16.7. The maximum Gasteiger partial charge on any atom is 0.406 e. The van der Waals surface area contributed by atoms with Crippen molar-refractivity contribution in [1.29, 1.82) is 0 Å². The van der Waals surface area contributed by atoms with Crippen LogP contribution in [0.5, 0.6) is 0 Å². The minimum Gasteiger partial charge on any atom is -0.471 e. The van der Waals surface area contributed by atoms with Gasteiger partial charge in [0.05, 0.1) is 33.5 Å². The van der Waals surface area contributed by atoms with Gasteiger partial charge in [-0.05, 0) is 74.4 Å². The van der Waals surface area contributed by atoms with Gasteiger partial charge in [0.1, 0.15) is 17.9 Å². The molecular formula is C37H55F5N4O7. The van der Waals surface area contributed by atoms with E-state index >= 15 is 0 Å². The standard InChI is InChI=1S/C14H17FO2.C13H19FN2O.C3H6F3N.C3H7NO2.C2H4O2.C2H2/c15-13-3-1-11(2-4-13)14(5-8-16)12-6-9-17-10-7-12;1-15-13-4-2-3-12(14)11(13)6-5-10-9-16-7-8-17-10;1-7-2-3(4,5)6;1-4-3(5)6-2;1-4-2-3;1-2/h1-4,8,12,14H,5-7,9-10H2;2-4,10,15-16H,5-9H2,1H3;7H,2H2,1H3;1-2H3,(H,4,5);2H,1H3;1-2H/t;10-;;;;/m.1..../s1. The Morgan fingerprint density at radius 2 is 1.64 bits per heavy atom. The third-order valence-electron chi connectivity index (χ3n) is 7.46. The lowest BCUT2D eigenvalue weighted by atomic mass is 9.80. The van der Waals surface area contributed by atoms with Crippen LogP contribution in [-0.2, 0) is 35.0 Å². The first-order chi connectivity index (χ1) is 25.4. The van der Waals surface area contributed by atoms with Crippen LogP contribution in [0.1, 0.15) is 42.7 Å². The van der Waals surface area contributed by atoms with Crippen molar-refractivity contribution < 1.29 is 55.3 Å². The normalized spacial score (nSPS) is 15.4. The average Bonchev–Trinajstić information content (AvgIpc) is 3.18. The maximum atomic E-state index is 13.7. The molecular weight excluding hydrogens is 707 g/mol. The zero-order valence-electron chi connectivity index (χ0n) is 31.1. The molecule has 2 aliphatic heterocycles. The van der Waals surface area contributed by atoms with Crippen molar-refractivity contribution in [3.63, 3.8) is 0 Å². The lowest BCUT2D eigenvalue weighted by Gasteiger charge is -2.29. The predicted molar refractivity (Wildman–Crippen MR) is 195 cm³/mol. The van der Waals surface area contributed by atoms with E-state index in [1.807, 2.05) is 18.4 Å². The Balaban J connectivity index is 0. The van der Waals surface area contributed by atoms with Gasteiger partial charge in [-0.25, -0.2) is 13.6 Å². The number of terminal acetylenes is 1. The number of carbonyl (C=O) groups excluding carboxylic acids is 3. The molecule has 0 aromatic heterocycles. The number of aldehydes is 1.